The molecule has 2 aliphatic heterocycles. The van der Waals surface area contributed by atoms with Crippen molar-refractivity contribution in [1.82, 2.24) is 10.3 Å². The summed E-state index contributed by atoms with van der Waals surface area (Å²) in [7, 11) is 0. The number of ketones is 1. The van der Waals surface area contributed by atoms with Crippen molar-refractivity contribution in [3.8, 4) is 5.75 Å². The number of hydrogen-bond donors (Lipinski definition) is 2. The molecule has 3 heterocycles. The van der Waals surface area contributed by atoms with E-state index in [1.54, 1.807) is 0 Å². The quantitative estimate of drug-likeness (QED) is 0.774. The predicted octanol–water partition coefficient (Wildman–Crippen LogP) is 0.482. The average Bonchev–Trinajstić information content (AvgIpc) is 3.60. The summed E-state index contributed by atoms with van der Waals surface area (Å²) >= 11 is 1.37. The minimum Gasteiger partial charge on any atom is -0.490 e. The largest absolute Gasteiger partial charge is 0.490 e. The molecule has 1 spiro atoms. The highest BCUT2D eigenvalue weighted by molar-refractivity contribution is 7.07. The topological polar surface area (TPSA) is 74.4 Å². The van der Waals surface area contributed by atoms with E-state index in [0.717, 1.165) is 48.6 Å². The number of Topliss-reactive ketones (excluding diaryl/α,β-unsaturated/α-hetero) is 1. The second-order valence-corrected chi connectivity index (χ2v) is 9.19. The smallest absolute Gasteiger partial charge is 0.266 e. The van der Waals surface area contributed by atoms with Gasteiger partial charge >= 0.3 is 0 Å². The molecule has 4 aliphatic rings. The minimum absolute atomic E-state index is 0.134. The summed E-state index contributed by atoms with van der Waals surface area (Å²) < 4.78 is 7.12. The van der Waals surface area contributed by atoms with Crippen molar-refractivity contribution in [3.05, 3.63) is 43.3 Å². The predicted molar refractivity (Wildman–Crippen MR) is 108 cm³/mol. The van der Waals surface area contributed by atoms with E-state index in [1.165, 1.54) is 24.2 Å². The first-order chi connectivity index (χ1) is 13.6. The third kappa shape index (κ3) is 2.57. The summed E-state index contributed by atoms with van der Waals surface area (Å²) in [5, 5.41) is 3.31. The van der Waals surface area contributed by atoms with Gasteiger partial charge in [0.1, 0.15) is 17.0 Å². The Kier molecular flexibility index (Phi) is 3.44. The van der Waals surface area contributed by atoms with Crippen molar-refractivity contribution in [2.24, 2.45) is 0 Å². The molecule has 0 atom stereocenters. The lowest BCUT2D eigenvalue weighted by atomic mass is 10.1. The average molecular weight is 395 g/mol. The zero-order valence-electron chi connectivity index (χ0n) is 15.4. The third-order valence-electron chi connectivity index (χ3n) is 6.17. The fourth-order valence-electron chi connectivity index (χ4n) is 4.26. The van der Waals surface area contributed by atoms with Crippen LogP contribution in [0, 0.1) is 0 Å². The standard InChI is InChI=1S/C21H21N3O3S/c25-18-14(11-22-21(18)5-6-21)20-23-19(26)17(28-20)10-12-1-4-16-15(9-12)24(7-8-27-16)13-2-3-13/h1,4,9-10,13,22H,2-3,5-8,11H2,(H,23,26)/b17-10-,20-14+. The van der Waals surface area contributed by atoms with E-state index in [0.29, 0.717) is 21.8 Å². The summed E-state index contributed by atoms with van der Waals surface area (Å²) in [5.41, 5.74) is 2.36. The van der Waals surface area contributed by atoms with Crippen LogP contribution in [0.5, 0.6) is 5.75 Å². The van der Waals surface area contributed by atoms with E-state index < -0.39 is 0 Å². The molecule has 1 saturated heterocycles. The van der Waals surface area contributed by atoms with E-state index in [-0.39, 0.29) is 16.9 Å². The zero-order valence-corrected chi connectivity index (χ0v) is 16.2. The Balaban J connectivity index is 1.41. The van der Waals surface area contributed by atoms with Crippen LogP contribution in [0.1, 0.15) is 31.2 Å². The lowest BCUT2D eigenvalue weighted by Gasteiger charge is -2.31. The van der Waals surface area contributed by atoms with Crippen molar-refractivity contribution < 1.29 is 9.53 Å². The normalized spacial score (nSPS) is 25.2. The lowest BCUT2D eigenvalue weighted by molar-refractivity contribution is -0.115. The van der Waals surface area contributed by atoms with Gasteiger partial charge in [-0.2, -0.15) is 0 Å². The molecule has 7 heteroatoms. The molecule has 2 N–H and O–H groups in total. The van der Waals surface area contributed by atoms with Gasteiger partial charge in [0, 0.05) is 18.2 Å². The molecule has 2 aromatic rings. The van der Waals surface area contributed by atoms with Gasteiger partial charge in [0.15, 0.2) is 5.78 Å². The summed E-state index contributed by atoms with van der Waals surface area (Å²) in [6.45, 7) is 2.18. The fourth-order valence-corrected chi connectivity index (χ4v) is 5.25. The SMILES string of the molecule is O=C1/C(=c2\[nH]c(=O)/c(=C/c3ccc4c(c3)N(C3CC3)CCO4)s2)CNC12CC2. The molecular formula is C21H21N3O3S. The van der Waals surface area contributed by atoms with E-state index in [9.17, 15) is 9.59 Å². The van der Waals surface area contributed by atoms with Gasteiger partial charge in [-0.3, -0.25) is 9.59 Å². The number of H-pyrrole nitrogens is 1. The second-order valence-electron chi connectivity index (χ2n) is 8.14. The molecule has 6 nitrogen and oxygen atoms in total. The highest BCUT2D eigenvalue weighted by Crippen LogP contribution is 2.42. The second kappa shape index (κ2) is 5.81. The van der Waals surface area contributed by atoms with E-state index in [2.05, 4.69) is 21.3 Å². The molecule has 144 valence electrons. The number of hydrogen-bond acceptors (Lipinski definition) is 6. The number of anilines is 1. The molecule has 0 bridgehead atoms. The van der Waals surface area contributed by atoms with Crippen molar-refractivity contribution >= 4 is 34.5 Å². The van der Waals surface area contributed by atoms with Crippen molar-refractivity contribution in [3.63, 3.8) is 0 Å². The molecule has 6 rings (SSSR count). The highest BCUT2D eigenvalue weighted by Gasteiger charge is 2.54. The Morgan fingerprint density at radius 3 is 2.86 bits per heavy atom. The van der Waals surface area contributed by atoms with Gasteiger partial charge in [0.2, 0.25) is 0 Å². The van der Waals surface area contributed by atoms with Crippen LogP contribution in [-0.4, -0.2) is 42.0 Å². The highest BCUT2D eigenvalue weighted by atomic mass is 32.1. The summed E-state index contributed by atoms with van der Waals surface area (Å²) in [6, 6.07) is 6.72. The monoisotopic (exact) mass is 395 g/mol. The van der Waals surface area contributed by atoms with Crippen LogP contribution in [0.3, 0.4) is 0 Å². The van der Waals surface area contributed by atoms with Gasteiger partial charge in [-0.15, -0.1) is 11.3 Å². The molecule has 2 aliphatic carbocycles. The van der Waals surface area contributed by atoms with Gasteiger partial charge in [0.05, 0.1) is 22.3 Å². The Bertz CT molecular complexity index is 1170. The molecule has 0 amide bonds. The number of aromatic nitrogens is 1. The third-order valence-corrected chi connectivity index (χ3v) is 7.24. The number of benzene rings is 1. The first-order valence-electron chi connectivity index (χ1n) is 9.90. The first kappa shape index (κ1) is 16.6. The molecule has 3 fully saturated rings. The van der Waals surface area contributed by atoms with Gasteiger partial charge < -0.3 is 19.9 Å². The summed E-state index contributed by atoms with van der Waals surface area (Å²) in [4.78, 5) is 30.4. The number of ether oxygens (including phenoxy) is 1. The Labute approximate surface area is 165 Å². The van der Waals surface area contributed by atoms with E-state index >= 15 is 0 Å². The molecular weight excluding hydrogens is 374 g/mol. The fraction of sp³-hybridized carbons (Fsp3) is 0.429. The van der Waals surface area contributed by atoms with Gasteiger partial charge in [-0.25, -0.2) is 0 Å². The van der Waals surface area contributed by atoms with Gasteiger partial charge in [-0.05, 0) is 49.5 Å². The Hall–Kier alpha value is -2.38. The number of nitrogens with one attached hydrogen (secondary N) is 2. The number of thiazole rings is 1. The maximum atomic E-state index is 12.6. The van der Waals surface area contributed by atoms with Gasteiger partial charge in [0.25, 0.3) is 5.56 Å². The minimum atomic E-state index is -0.329. The van der Waals surface area contributed by atoms with Crippen molar-refractivity contribution in [2.45, 2.75) is 37.3 Å². The van der Waals surface area contributed by atoms with Crippen LogP contribution < -0.4 is 29.7 Å². The summed E-state index contributed by atoms with van der Waals surface area (Å²) in [6.07, 6.45) is 6.19. The van der Waals surface area contributed by atoms with Crippen LogP contribution in [0.2, 0.25) is 0 Å². The van der Waals surface area contributed by atoms with Crippen LogP contribution in [0.25, 0.3) is 11.6 Å². The molecule has 0 radical (unpaired) electrons. The number of carbonyl (C=O) groups is 1. The molecule has 2 saturated carbocycles. The number of aromatic amines is 1. The van der Waals surface area contributed by atoms with Crippen molar-refractivity contribution in [2.75, 3.05) is 24.6 Å². The lowest BCUT2D eigenvalue weighted by Crippen LogP contribution is -2.34. The number of rotatable bonds is 2. The van der Waals surface area contributed by atoms with E-state index in [1.807, 2.05) is 18.2 Å². The molecule has 1 aromatic heterocycles. The first-order valence-corrected chi connectivity index (χ1v) is 10.7. The van der Waals surface area contributed by atoms with Crippen LogP contribution in [-0.2, 0) is 4.79 Å². The number of nitrogens with zero attached hydrogens (tertiary/aromatic N) is 1. The van der Waals surface area contributed by atoms with Gasteiger partial charge in [-0.1, -0.05) is 6.07 Å². The van der Waals surface area contributed by atoms with Crippen molar-refractivity contribution in [1.29, 1.82) is 0 Å². The maximum absolute atomic E-state index is 12.6. The summed E-state index contributed by atoms with van der Waals surface area (Å²) in [5.74, 6) is 1.08. The zero-order chi connectivity index (χ0) is 18.9. The molecule has 0 unspecified atom stereocenters. The van der Waals surface area contributed by atoms with E-state index in [4.69, 9.17) is 4.74 Å². The van der Waals surface area contributed by atoms with Crippen LogP contribution in [0.4, 0.5) is 5.69 Å². The van der Waals surface area contributed by atoms with Crippen LogP contribution >= 0.6 is 11.3 Å². The number of carbonyl (C=O) groups excluding carboxylic acids is 1. The van der Waals surface area contributed by atoms with Crippen LogP contribution in [0.15, 0.2) is 23.0 Å². The molecule has 1 aromatic carbocycles. The maximum Gasteiger partial charge on any atom is 0.266 e. The molecule has 28 heavy (non-hydrogen) atoms. The number of fused-ring (bicyclic) bond motifs is 1. The Morgan fingerprint density at radius 1 is 1.25 bits per heavy atom. The Morgan fingerprint density at radius 2 is 2.11 bits per heavy atom.